The van der Waals surface area contributed by atoms with E-state index < -0.39 is 7.29 Å². The molecule has 29 heavy (non-hydrogen) atoms. The summed E-state index contributed by atoms with van der Waals surface area (Å²) in [6.45, 7) is 4.56. The molecule has 0 bridgehead atoms. The van der Waals surface area contributed by atoms with Crippen molar-refractivity contribution in [3.8, 4) is 0 Å². The van der Waals surface area contributed by atoms with E-state index in [1.54, 1.807) is 0 Å². The Hall–Kier alpha value is -2.15. The molecule has 0 aliphatic heterocycles. The van der Waals surface area contributed by atoms with Crippen LogP contribution in [0.5, 0.6) is 0 Å². The molecule has 0 spiro atoms. The van der Waals surface area contributed by atoms with Crippen LogP contribution in [0.4, 0.5) is 0 Å². The molecule has 3 aromatic rings. The van der Waals surface area contributed by atoms with E-state index in [-0.39, 0.29) is 6.04 Å². The van der Waals surface area contributed by atoms with Crippen molar-refractivity contribution in [2.45, 2.75) is 32.7 Å². The number of rotatable bonds is 8. The number of nitrogens with one attached hydrogen (secondary N) is 1. The zero-order valence-corrected chi connectivity index (χ0v) is 18.1. The van der Waals surface area contributed by atoms with Gasteiger partial charge in [0.15, 0.2) is 0 Å². The van der Waals surface area contributed by atoms with Crippen LogP contribution in [0.2, 0.25) is 0 Å². The van der Waals surface area contributed by atoms with Crippen LogP contribution in [0, 0.1) is 17.8 Å². The molecule has 2 nitrogen and oxygen atoms in total. The Morgan fingerprint density at radius 3 is 1.55 bits per heavy atom. The van der Waals surface area contributed by atoms with Gasteiger partial charge in [0.2, 0.25) is 7.29 Å². The van der Waals surface area contributed by atoms with E-state index in [1.807, 2.05) is 60.7 Å². The first-order chi connectivity index (χ1) is 14.2. The van der Waals surface area contributed by atoms with Crippen molar-refractivity contribution in [1.29, 1.82) is 0 Å². The van der Waals surface area contributed by atoms with Gasteiger partial charge in [-0.05, 0) is 47.6 Å². The van der Waals surface area contributed by atoms with Gasteiger partial charge in [-0.25, -0.2) is 0 Å². The standard InChI is InChI=1S/C26H30NOP/c1-3-23-24(4-2)25(23)26(20-14-8-5-9-15-20)27-29(28,21-16-10-6-11-17-21)22-18-12-7-13-19-22/h5-19,23-26H,3-4H2,1-2H3,(H,27,28)/t23?,24?,25?,26-/m0/s1. The minimum Gasteiger partial charge on any atom is -0.297 e. The van der Waals surface area contributed by atoms with E-state index in [2.05, 4.69) is 49.3 Å². The average molecular weight is 404 g/mol. The van der Waals surface area contributed by atoms with Crippen molar-refractivity contribution in [3.05, 3.63) is 96.6 Å². The van der Waals surface area contributed by atoms with Crippen LogP contribution in [0.25, 0.3) is 0 Å². The van der Waals surface area contributed by atoms with Crippen LogP contribution >= 0.6 is 7.29 Å². The molecular formula is C26H30NOP. The molecule has 0 heterocycles. The van der Waals surface area contributed by atoms with Gasteiger partial charge in [-0.2, -0.15) is 0 Å². The van der Waals surface area contributed by atoms with E-state index in [1.165, 1.54) is 18.4 Å². The number of benzene rings is 3. The van der Waals surface area contributed by atoms with Crippen LogP contribution in [0.15, 0.2) is 91.0 Å². The molecule has 0 aromatic heterocycles. The third-order valence-electron chi connectivity index (χ3n) is 6.44. The molecule has 0 amide bonds. The smallest absolute Gasteiger partial charge is 0.205 e. The van der Waals surface area contributed by atoms with Crippen molar-refractivity contribution in [1.82, 2.24) is 5.09 Å². The summed E-state index contributed by atoms with van der Waals surface area (Å²) in [4.78, 5) is 0. The second-order valence-corrected chi connectivity index (χ2v) is 10.5. The van der Waals surface area contributed by atoms with Crippen molar-refractivity contribution in [2.75, 3.05) is 0 Å². The molecule has 2 unspecified atom stereocenters. The largest absolute Gasteiger partial charge is 0.297 e. The molecule has 3 atom stereocenters. The lowest BCUT2D eigenvalue weighted by Gasteiger charge is -2.28. The van der Waals surface area contributed by atoms with Gasteiger partial charge in [0.1, 0.15) is 0 Å². The fourth-order valence-electron chi connectivity index (χ4n) is 4.93. The fourth-order valence-corrected chi connectivity index (χ4v) is 7.43. The third kappa shape index (κ3) is 3.97. The van der Waals surface area contributed by atoms with Crippen molar-refractivity contribution in [2.24, 2.45) is 17.8 Å². The molecule has 150 valence electrons. The first-order valence-electron chi connectivity index (χ1n) is 10.7. The second-order valence-electron chi connectivity index (χ2n) is 8.02. The third-order valence-corrected chi connectivity index (χ3v) is 9.14. The van der Waals surface area contributed by atoms with Crippen molar-refractivity contribution < 1.29 is 4.57 Å². The molecule has 1 aliphatic carbocycles. The van der Waals surface area contributed by atoms with E-state index in [9.17, 15) is 4.57 Å². The van der Waals surface area contributed by atoms with Crippen LogP contribution in [0.1, 0.15) is 38.3 Å². The summed E-state index contributed by atoms with van der Waals surface area (Å²) in [6, 6.07) is 30.5. The first-order valence-corrected chi connectivity index (χ1v) is 12.4. The van der Waals surface area contributed by atoms with Crippen LogP contribution in [0.3, 0.4) is 0 Å². The molecule has 1 N–H and O–H groups in total. The summed E-state index contributed by atoms with van der Waals surface area (Å²) in [5, 5.41) is 5.46. The maximum absolute atomic E-state index is 14.6. The molecule has 0 radical (unpaired) electrons. The lowest BCUT2D eigenvalue weighted by molar-refractivity contribution is 0.498. The summed E-state index contributed by atoms with van der Waals surface area (Å²) in [5.41, 5.74) is 1.24. The molecule has 3 aromatic carbocycles. The fraction of sp³-hybridized carbons (Fsp3) is 0.308. The highest BCUT2D eigenvalue weighted by Crippen LogP contribution is 2.59. The van der Waals surface area contributed by atoms with E-state index in [0.29, 0.717) is 17.8 Å². The van der Waals surface area contributed by atoms with Crippen LogP contribution in [-0.4, -0.2) is 0 Å². The van der Waals surface area contributed by atoms with Crippen molar-refractivity contribution >= 4 is 17.9 Å². The highest BCUT2D eigenvalue weighted by atomic mass is 31.2. The minimum absolute atomic E-state index is 0.0809. The second kappa shape index (κ2) is 8.69. The van der Waals surface area contributed by atoms with Gasteiger partial charge in [0.05, 0.1) is 0 Å². The lowest BCUT2D eigenvalue weighted by Crippen LogP contribution is -2.32. The van der Waals surface area contributed by atoms with Gasteiger partial charge >= 0.3 is 0 Å². The van der Waals surface area contributed by atoms with E-state index >= 15 is 0 Å². The van der Waals surface area contributed by atoms with Gasteiger partial charge in [0, 0.05) is 16.7 Å². The summed E-state index contributed by atoms with van der Waals surface area (Å²) in [5.74, 6) is 1.91. The lowest BCUT2D eigenvalue weighted by atomic mass is 10.0. The quantitative estimate of drug-likeness (QED) is 0.473. The maximum atomic E-state index is 14.6. The van der Waals surface area contributed by atoms with Gasteiger partial charge in [-0.3, -0.25) is 9.65 Å². The Morgan fingerprint density at radius 1 is 0.724 bits per heavy atom. The number of hydrogen-bond donors (Lipinski definition) is 1. The molecule has 0 saturated heterocycles. The Morgan fingerprint density at radius 2 is 1.14 bits per heavy atom. The minimum atomic E-state index is -2.98. The van der Waals surface area contributed by atoms with Crippen LogP contribution < -0.4 is 15.7 Å². The van der Waals surface area contributed by atoms with E-state index in [0.717, 1.165) is 10.6 Å². The van der Waals surface area contributed by atoms with Gasteiger partial charge in [-0.1, -0.05) is 93.4 Å². The van der Waals surface area contributed by atoms with E-state index in [4.69, 9.17) is 0 Å². The molecule has 3 heteroatoms. The summed E-state index contributed by atoms with van der Waals surface area (Å²) >= 11 is 0. The SMILES string of the molecule is CCC1C(CC)C1[C@@H](NP(=O)(c1ccccc1)c1ccccc1)c1ccccc1. The average Bonchev–Trinajstić information content (AvgIpc) is 3.52. The Bertz CT molecular complexity index is 904. The van der Waals surface area contributed by atoms with Gasteiger partial charge in [0.25, 0.3) is 0 Å². The Balaban J connectivity index is 1.79. The summed E-state index contributed by atoms with van der Waals surface area (Å²) < 4.78 is 14.6. The Labute approximate surface area is 174 Å². The summed E-state index contributed by atoms with van der Waals surface area (Å²) in [7, 11) is -2.98. The highest BCUT2D eigenvalue weighted by Gasteiger charge is 2.53. The zero-order chi connectivity index (χ0) is 20.3. The number of hydrogen-bond acceptors (Lipinski definition) is 1. The van der Waals surface area contributed by atoms with Gasteiger partial charge in [-0.15, -0.1) is 0 Å². The summed E-state index contributed by atoms with van der Waals surface area (Å²) in [6.07, 6.45) is 2.35. The van der Waals surface area contributed by atoms with Crippen molar-refractivity contribution in [3.63, 3.8) is 0 Å². The molecule has 1 aliphatic rings. The predicted octanol–water partition coefficient (Wildman–Crippen LogP) is 5.93. The van der Waals surface area contributed by atoms with Crippen LogP contribution in [-0.2, 0) is 4.57 Å². The molecule has 1 fully saturated rings. The predicted molar refractivity (Wildman–Crippen MR) is 123 cm³/mol. The molecular weight excluding hydrogens is 373 g/mol. The Kier molecular flexibility index (Phi) is 6.04. The maximum Gasteiger partial charge on any atom is 0.205 e. The highest BCUT2D eigenvalue weighted by molar-refractivity contribution is 7.76. The topological polar surface area (TPSA) is 29.1 Å². The zero-order valence-electron chi connectivity index (χ0n) is 17.2. The molecule has 1 saturated carbocycles. The van der Waals surface area contributed by atoms with Gasteiger partial charge < -0.3 is 0 Å². The molecule has 4 rings (SSSR count). The first kappa shape index (κ1) is 20.1. The normalized spacial score (nSPS) is 22.2. The monoisotopic (exact) mass is 403 g/mol.